The molecule has 142 valence electrons. The summed E-state index contributed by atoms with van der Waals surface area (Å²) in [6.45, 7) is 0. The molecule has 0 unspecified atom stereocenters. The number of nitrogens with zero attached hydrogens (tertiary/aromatic N) is 2. The molecule has 0 spiro atoms. The van der Waals surface area contributed by atoms with Gasteiger partial charge in [-0.25, -0.2) is 0 Å². The summed E-state index contributed by atoms with van der Waals surface area (Å²) in [7, 11) is 9.87. The SMILES string of the molecule is O=[N+]([O-])c1cc(C=Nc2ccccc2)c(O)c(C2CCCCC2)c1.[Cl][Zr][Cl]. The Labute approximate surface area is 177 Å². The van der Waals surface area contributed by atoms with E-state index < -0.39 is 25.8 Å². The van der Waals surface area contributed by atoms with Crippen molar-refractivity contribution < 1.29 is 30.9 Å². The molecular formula is C19H20Cl2N2O3Zr. The molecular weight excluding hydrogens is 466 g/mol. The number of benzene rings is 2. The van der Waals surface area contributed by atoms with Gasteiger partial charge >= 0.3 is 37.9 Å². The van der Waals surface area contributed by atoms with Crippen molar-refractivity contribution in [2.45, 2.75) is 38.0 Å². The Morgan fingerprint density at radius 3 is 2.37 bits per heavy atom. The van der Waals surface area contributed by atoms with Crippen molar-refractivity contribution in [3.63, 3.8) is 0 Å². The zero-order chi connectivity index (χ0) is 19.6. The summed E-state index contributed by atoms with van der Waals surface area (Å²) in [5.74, 6) is 0.301. The Hall–Kier alpha value is -1.23. The van der Waals surface area contributed by atoms with Crippen molar-refractivity contribution in [2.24, 2.45) is 4.99 Å². The molecule has 2 aromatic rings. The summed E-state index contributed by atoms with van der Waals surface area (Å²) < 4.78 is 0. The van der Waals surface area contributed by atoms with Crippen LogP contribution in [0.2, 0.25) is 0 Å². The average molecular weight is 487 g/mol. The van der Waals surface area contributed by atoms with E-state index in [9.17, 15) is 15.2 Å². The van der Waals surface area contributed by atoms with Gasteiger partial charge in [-0.2, -0.15) is 0 Å². The third kappa shape index (κ3) is 6.71. The Balaban J connectivity index is 0.000000817. The molecule has 27 heavy (non-hydrogen) atoms. The van der Waals surface area contributed by atoms with E-state index in [0.29, 0.717) is 11.1 Å². The number of hydrogen-bond donors (Lipinski definition) is 1. The summed E-state index contributed by atoms with van der Waals surface area (Å²) in [5.41, 5.74) is 1.82. The van der Waals surface area contributed by atoms with Gasteiger partial charge in [0, 0.05) is 29.5 Å². The van der Waals surface area contributed by atoms with E-state index in [1.165, 1.54) is 24.8 Å². The summed E-state index contributed by atoms with van der Waals surface area (Å²) in [4.78, 5) is 15.2. The second-order valence-corrected chi connectivity index (χ2v) is 9.96. The quantitative estimate of drug-likeness (QED) is 0.306. The number of aliphatic imine (C=N–C) groups is 1. The normalized spacial score (nSPS) is 14.4. The Morgan fingerprint density at radius 2 is 1.78 bits per heavy atom. The average Bonchev–Trinajstić information content (AvgIpc) is 2.69. The van der Waals surface area contributed by atoms with Gasteiger partial charge in [-0.05, 0) is 30.9 Å². The van der Waals surface area contributed by atoms with Crippen molar-refractivity contribution in [3.8, 4) is 5.75 Å². The fraction of sp³-hybridized carbons (Fsp3) is 0.316. The monoisotopic (exact) mass is 484 g/mol. The fourth-order valence-corrected chi connectivity index (χ4v) is 3.25. The molecule has 1 aliphatic carbocycles. The van der Waals surface area contributed by atoms with Gasteiger partial charge in [0.1, 0.15) is 5.75 Å². The number of phenols is 1. The molecule has 0 saturated heterocycles. The second kappa shape index (κ2) is 11.6. The van der Waals surface area contributed by atoms with Crippen molar-refractivity contribution in [1.82, 2.24) is 0 Å². The predicted octanol–water partition coefficient (Wildman–Crippen LogP) is 6.48. The third-order valence-corrected chi connectivity index (χ3v) is 4.52. The van der Waals surface area contributed by atoms with Gasteiger partial charge in [0.2, 0.25) is 0 Å². The number of non-ortho nitro benzene ring substituents is 1. The van der Waals surface area contributed by atoms with E-state index in [1.54, 1.807) is 0 Å². The van der Waals surface area contributed by atoms with E-state index in [-0.39, 0.29) is 17.4 Å². The Morgan fingerprint density at radius 1 is 1.15 bits per heavy atom. The number of para-hydroxylation sites is 1. The summed E-state index contributed by atoms with van der Waals surface area (Å²) in [5, 5.41) is 21.9. The van der Waals surface area contributed by atoms with Crippen molar-refractivity contribution in [3.05, 3.63) is 63.7 Å². The number of nitro benzene ring substituents is 1. The zero-order valence-corrected chi connectivity index (χ0v) is 18.6. The van der Waals surface area contributed by atoms with Crippen LogP contribution < -0.4 is 0 Å². The van der Waals surface area contributed by atoms with Gasteiger partial charge in [-0.15, -0.1) is 0 Å². The van der Waals surface area contributed by atoms with Crippen molar-refractivity contribution in [2.75, 3.05) is 0 Å². The molecule has 0 aromatic heterocycles. The molecule has 2 aromatic carbocycles. The number of halogens is 2. The summed E-state index contributed by atoms with van der Waals surface area (Å²) in [6, 6.07) is 12.2. The van der Waals surface area contributed by atoms with Crippen LogP contribution in [-0.4, -0.2) is 16.2 Å². The van der Waals surface area contributed by atoms with Crippen LogP contribution in [-0.2, 0) is 20.8 Å². The molecule has 0 radical (unpaired) electrons. The first-order valence-electron chi connectivity index (χ1n) is 8.63. The van der Waals surface area contributed by atoms with Crippen LogP contribution in [0.3, 0.4) is 0 Å². The molecule has 0 aliphatic heterocycles. The number of hydrogen-bond acceptors (Lipinski definition) is 4. The molecule has 1 aliphatic rings. The van der Waals surface area contributed by atoms with E-state index in [0.717, 1.165) is 31.4 Å². The molecule has 3 rings (SSSR count). The van der Waals surface area contributed by atoms with E-state index >= 15 is 0 Å². The van der Waals surface area contributed by atoms with Crippen LogP contribution >= 0.6 is 17.0 Å². The minimum absolute atomic E-state index is 0.00267. The first-order valence-corrected chi connectivity index (χ1v) is 15.0. The van der Waals surface area contributed by atoms with E-state index in [1.807, 2.05) is 30.3 Å². The van der Waals surface area contributed by atoms with E-state index in [4.69, 9.17) is 17.0 Å². The second-order valence-electron chi connectivity index (χ2n) is 6.23. The Kier molecular flexibility index (Phi) is 9.46. The molecule has 1 saturated carbocycles. The first kappa shape index (κ1) is 22.1. The van der Waals surface area contributed by atoms with Crippen molar-refractivity contribution in [1.29, 1.82) is 0 Å². The first-order chi connectivity index (χ1) is 13.1. The van der Waals surface area contributed by atoms with Gasteiger partial charge in [-0.1, -0.05) is 37.5 Å². The minimum atomic E-state index is -0.826. The van der Waals surface area contributed by atoms with Crippen LogP contribution in [0.4, 0.5) is 11.4 Å². The van der Waals surface area contributed by atoms with Gasteiger partial charge < -0.3 is 5.11 Å². The topological polar surface area (TPSA) is 75.7 Å². The maximum atomic E-state index is 11.3. The number of rotatable bonds is 4. The van der Waals surface area contributed by atoms with Crippen LogP contribution in [0.15, 0.2) is 47.5 Å². The van der Waals surface area contributed by atoms with Crippen molar-refractivity contribution >= 4 is 34.6 Å². The van der Waals surface area contributed by atoms with Crippen LogP contribution in [0.5, 0.6) is 5.75 Å². The number of aromatic hydroxyl groups is 1. The van der Waals surface area contributed by atoms with Crippen LogP contribution in [0.1, 0.15) is 49.1 Å². The Bertz CT molecular complexity index is 782. The summed E-state index contributed by atoms with van der Waals surface area (Å²) >= 11 is -0.826. The molecule has 0 atom stereocenters. The molecule has 0 bridgehead atoms. The van der Waals surface area contributed by atoms with Gasteiger partial charge in [0.25, 0.3) is 5.69 Å². The van der Waals surface area contributed by atoms with Crippen LogP contribution in [0.25, 0.3) is 0 Å². The van der Waals surface area contributed by atoms with Crippen LogP contribution in [0, 0.1) is 10.1 Å². The fourth-order valence-electron chi connectivity index (χ4n) is 3.25. The molecule has 1 fully saturated rings. The maximum absolute atomic E-state index is 11.3. The van der Waals surface area contributed by atoms with Gasteiger partial charge in [0.05, 0.1) is 10.6 Å². The molecule has 0 heterocycles. The third-order valence-electron chi connectivity index (χ3n) is 4.52. The number of phenolic OH excluding ortho intramolecular Hbond substituents is 1. The van der Waals surface area contributed by atoms with Gasteiger partial charge in [0.15, 0.2) is 0 Å². The molecule has 5 nitrogen and oxygen atoms in total. The van der Waals surface area contributed by atoms with Gasteiger partial charge in [-0.3, -0.25) is 15.1 Å². The molecule has 8 heteroatoms. The number of nitro groups is 1. The zero-order valence-electron chi connectivity index (χ0n) is 14.6. The van der Waals surface area contributed by atoms with E-state index in [2.05, 4.69) is 4.99 Å². The molecule has 1 N–H and O–H groups in total. The molecule has 0 amide bonds. The summed E-state index contributed by atoms with van der Waals surface area (Å²) in [6.07, 6.45) is 6.81. The predicted molar refractivity (Wildman–Crippen MR) is 106 cm³/mol. The standard InChI is InChI=1S/C19H20N2O3.2ClH.Zr/c22-19-15(13-20-16-9-5-2-6-10-16)11-17(21(23)24)12-18(19)14-7-3-1-4-8-14;;;/h2,5-6,9-14,22H,1,3-4,7-8H2;2*1H;/q;;;+2/p-2.